The highest BCUT2D eigenvalue weighted by Crippen LogP contribution is 2.42. The van der Waals surface area contributed by atoms with Crippen LogP contribution in [-0.2, 0) is 9.59 Å². The van der Waals surface area contributed by atoms with Crippen LogP contribution in [-0.4, -0.2) is 17.6 Å². The Morgan fingerprint density at radius 2 is 1.93 bits per heavy atom. The van der Waals surface area contributed by atoms with Crippen LogP contribution < -0.4 is 10.2 Å². The molecular weight excluding hydrogens is 399 g/mol. The quantitative estimate of drug-likeness (QED) is 0.613. The molecular formula is C24H29FN2O2S. The van der Waals surface area contributed by atoms with E-state index in [0.29, 0.717) is 23.8 Å². The second kappa shape index (κ2) is 9.21. The van der Waals surface area contributed by atoms with Crippen molar-refractivity contribution in [3.05, 3.63) is 59.9 Å². The van der Waals surface area contributed by atoms with Crippen molar-refractivity contribution in [2.24, 2.45) is 11.3 Å². The molecule has 0 saturated carbocycles. The first-order valence-corrected chi connectivity index (χ1v) is 11.3. The molecule has 3 rings (SSSR count). The van der Waals surface area contributed by atoms with Crippen molar-refractivity contribution in [2.75, 3.05) is 16.0 Å². The molecule has 2 aromatic rings. The molecule has 1 fully saturated rings. The number of hydrogen-bond acceptors (Lipinski definition) is 3. The number of nitrogens with one attached hydrogen (secondary N) is 1. The maximum atomic E-state index is 13.6. The van der Waals surface area contributed by atoms with E-state index in [9.17, 15) is 14.0 Å². The lowest BCUT2D eigenvalue weighted by Crippen LogP contribution is -2.27. The summed E-state index contributed by atoms with van der Waals surface area (Å²) < 4.78 is 13.6. The minimum absolute atomic E-state index is 0.00584. The predicted molar refractivity (Wildman–Crippen MR) is 122 cm³/mol. The molecule has 1 aliphatic rings. The highest BCUT2D eigenvalue weighted by atomic mass is 32.2. The van der Waals surface area contributed by atoms with Crippen LogP contribution in [0.5, 0.6) is 0 Å². The number of thioether (sulfide) groups is 1. The van der Waals surface area contributed by atoms with Gasteiger partial charge in [-0.15, -0.1) is 11.8 Å². The van der Waals surface area contributed by atoms with Gasteiger partial charge in [0.05, 0.1) is 5.75 Å². The van der Waals surface area contributed by atoms with Crippen molar-refractivity contribution in [1.82, 2.24) is 0 Å². The van der Waals surface area contributed by atoms with Gasteiger partial charge in [0.15, 0.2) is 0 Å². The van der Waals surface area contributed by atoms with Crippen LogP contribution in [0.25, 0.3) is 0 Å². The topological polar surface area (TPSA) is 49.4 Å². The van der Waals surface area contributed by atoms with Crippen molar-refractivity contribution >= 4 is 35.0 Å². The first-order chi connectivity index (χ1) is 14.1. The summed E-state index contributed by atoms with van der Waals surface area (Å²) in [4.78, 5) is 26.4. The average Bonchev–Trinajstić information content (AvgIpc) is 3.02. The molecule has 0 spiro atoms. The summed E-state index contributed by atoms with van der Waals surface area (Å²) in [7, 11) is 0. The number of carbonyl (C=O) groups is 2. The van der Waals surface area contributed by atoms with Gasteiger partial charge in [-0.1, -0.05) is 45.9 Å². The summed E-state index contributed by atoms with van der Waals surface area (Å²) in [5.74, 6) is 0.262. The largest absolute Gasteiger partial charge is 0.326 e. The monoisotopic (exact) mass is 428 g/mol. The Morgan fingerprint density at radius 1 is 1.23 bits per heavy atom. The van der Waals surface area contributed by atoms with Gasteiger partial charge in [-0.2, -0.15) is 0 Å². The van der Waals surface area contributed by atoms with E-state index in [0.717, 1.165) is 17.7 Å². The molecule has 0 aliphatic carbocycles. The molecule has 2 amide bonds. The van der Waals surface area contributed by atoms with Crippen molar-refractivity contribution in [2.45, 2.75) is 45.9 Å². The van der Waals surface area contributed by atoms with Gasteiger partial charge in [-0.05, 0) is 53.6 Å². The molecule has 1 aliphatic heterocycles. The number of amides is 2. The molecule has 1 N–H and O–H groups in total. The van der Waals surface area contributed by atoms with Crippen molar-refractivity contribution in [3.63, 3.8) is 0 Å². The third-order valence-corrected chi connectivity index (χ3v) is 6.14. The van der Waals surface area contributed by atoms with Crippen molar-refractivity contribution < 1.29 is 14.0 Å². The van der Waals surface area contributed by atoms with Gasteiger partial charge in [-0.25, -0.2) is 4.39 Å². The standard InChI is InChI=1S/C24H29FN2O2S/c1-16(14-24(2,3)4)12-21(28)26-19-10-8-17(9-11-19)23-27(22(29)15-30-23)20-7-5-6-18(25)13-20/h5-11,13,16,23H,12,14-15H2,1-4H3,(H,26,28)/t16-,23-/m1/s1. The van der Waals surface area contributed by atoms with Gasteiger partial charge in [-0.3, -0.25) is 14.5 Å². The Morgan fingerprint density at radius 3 is 2.57 bits per heavy atom. The van der Waals surface area contributed by atoms with E-state index in [1.807, 2.05) is 24.3 Å². The van der Waals surface area contributed by atoms with E-state index in [-0.39, 0.29) is 28.4 Å². The molecule has 6 heteroatoms. The third kappa shape index (κ3) is 5.85. The zero-order valence-corrected chi connectivity index (χ0v) is 18.8. The molecule has 0 radical (unpaired) electrons. The smallest absolute Gasteiger partial charge is 0.238 e. The highest BCUT2D eigenvalue weighted by molar-refractivity contribution is 8.00. The number of benzene rings is 2. The lowest BCUT2D eigenvalue weighted by atomic mass is 9.84. The molecule has 0 aromatic heterocycles. The summed E-state index contributed by atoms with van der Waals surface area (Å²) in [6.07, 6.45) is 1.47. The van der Waals surface area contributed by atoms with Crippen molar-refractivity contribution in [3.8, 4) is 0 Å². The van der Waals surface area contributed by atoms with Crippen LogP contribution in [0.3, 0.4) is 0 Å². The third-order valence-electron chi connectivity index (χ3n) is 4.93. The Balaban J connectivity index is 1.66. The van der Waals surface area contributed by atoms with Crippen LogP contribution >= 0.6 is 11.8 Å². The Hall–Kier alpha value is -2.34. The zero-order valence-electron chi connectivity index (χ0n) is 17.9. The molecule has 0 bridgehead atoms. The number of carbonyl (C=O) groups excluding carboxylic acids is 2. The van der Waals surface area contributed by atoms with Crippen LogP contribution in [0.15, 0.2) is 48.5 Å². The number of nitrogens with zero attached hydrogens (tertiary/aromatic N) is 1. The molecule has 1 heterocycles. The van der Waals surface area contributed by atoms with E-state index in [1.165, 1.54) is 23.9 Å². The van der Waals surface area contributed by atoms with E-state index in [2.05, 4.69) is 33.0 Å². The Bertz CT molecular complexity index is 908. The number of anilines is 2. The zero-order chi connectivity index (χ0) is 21.9. The second-order valence-corrected chi connectivity index (χ2v) is 10.2. The summed E-state index contributed by atoms with van der Waals surface area (Å²) in [5.41, 5.74) is 2.43. The lowest BCUT2D eigenvalue weighted by Gasteiger charge is -2.24. The second-order valence-electron chi connectivity index (χ2n) is 9.15. The fourth-order valence-corrected chi connectivity index (χ4v) is 5.13. The van der Waals surface area contributed by atoms with Gasteiger partial charge < -0.3 is 5.32 Å². The molecule has 30 heavy (non-hydrogen) atoms. The minimum Gasteiger partial charge on any atom is -0.326 e. The van der Waals surface area contributed by atoms with Gasteiger partial charge in [0, 0.05) is 17.8 Å². The van der Waals surface area contributed by atoms with Crippen molar-refractivity contribution in [1.29, 1.82) is 0 Å². The molecule has 160 valence electrons. The van der Waals surface area contributed by atoms with Gasteiger partial charge in [0.25, 0.3) is 0 Å². The molecule has 2 atom stereocenters. The molecule has 1 saturated heterocycles. The number of hydrogen-bond donors (Lipinski definition) is 1. The number of halogens is 1. The summed E-state index contributed by atoms with van der Waals surface area (Å²) >= 11 is 1.51. The van der Waals surface area contributed by atoms with Gasteiger partial charge in [0.2, 0.25) is 11.8 Å². The fourth-order valence-electron chi connectivity index (χ4n) is 3.95. The predicted octanol–water partition coefficient (Wildman–Crippen LogP) is 6.01. The first kappa shape index (κ1) is 22.3. The Kier molecular flexibility index (Phi) is 6.86. The molecule has 0 unspecified atom stereocenters. The molecule has 4 nitrogen and oxygen atoms in total. The van der Waals surface area contributed by atoms with Crippen LogP contribution in [0.1, 0.15) is 51.5 Å². The van der Waals surface area contributed by atoms with Crippen LogP contribution in [0.2, 0.25) is 0 Å². The summed E-state index contributed by atoms with van der Waals surface area (Å²) in [6.45, 7) is 8.64. The molecule has 2 aromatic carbocycles. The highest BCUT2D eigenvalue weighted by Gasteiger charge is 2.34. The van der Waals surface area contributed by atoms with Crippen LogP contribution in [0, 0.1) is 17.2 Å². The lowest BCUT2D eigenvalue weighted by molar-refractivity contribution is -0.117. The summed E-state index contributed by atoms with van der Waals surface area (Å²) in [5, 5.41) is 2.75. The average molecular weight is 429 g/mol. The minimum atomic E-state index is -0.366. The van der Waals surface area contributed by atoms with Crippen LogP contribution in [0.4, 0.5) is 15.8 Å². The van der Waals surface area contributed by atoms with Gasteiger partial charge >= 0.3 is 0 Å². The fraction of sp³-hybridized carbons (Fsp3) is 0.417. The normalized spacial score (nSPS) is 17.8. The van der Waals surface area contributed by atoms with E-state index in [4.69, 9.17) is 0 Å². The maximum Gasteiger partial charge on any atom is 0.238 e. The number of rotatable bonds is 6. The van der Waals surface area contributed by atoms with E-state index < -0.39 is 0 Å². The van der Waals surface area contributed by atoms with E-state index in [1.54, 1.807) is 17.0 Å². The summed E-state index contributed by atoms with van der Waals surface area (Å²) in [6, 6.07) is 13.6. The first-order valence-electron chi connectivity index (χ1n) is 10.2. The van der Waals surface area contributed by atoms with Gasteiger partial charge in [0.1, 0.15) is 11.2 Å². The van der Waals surface area contributed by atoms with E-state index >= 15 is 0 Å². The maximum absolute atomic E-state index is 13.6. The SMILES string of the molecule is C[C@H](CC(=O)Nc1ccc([C@H]2SCC(=O)N2c2cccc(F)c2)cc1)CC(C)(C)C. The Labute approximate surface area is 182 Å².